The van der Waals surface area contributed by atoms with E-state index in [0.717, 1.165) is 25.8 Å². The number of nitrogen functional groups attached to an aromatic ring is 1. The summed E-state index contributed by atoms with van der Waals surface area (Å²) in [6.07, 6.45) is 6.25. The zero-order valence-electron chi connectivity index (χ0n) is 19.0. The maximum Gasteiger partial charge on any atom is 0.256 e. The van der Waals surface area contributed by atoms with Gasteiger partial charge in [-0.3, -0.25) is 14.2 Å². The number of alkyl halides is 1. The largest absolute Gasteiger partial charge is 0.479 e. The maximum absolute atomic E-state index is 13.2. The lowest BCUT2D eigenvalue weighted by Gasteiger charge is -2.42. The van der Waals surface area contributed by atoms with Crippen molar-refractivity contribution in [1.82, 2.24) is 14.5 Å². The molecule has 1 aliphatic rings. The van der Waals surface area contributed by atoms with Crippen LogP contribution in [0.1, 0.15) is 62.1 Å². The Bertz CT molecular complexity index is 1080. The second kappa shape index (κ2) is 10.0. The third-order valence-corrected chi connectivity index (χ3v) is 5.93. The number of aromatic nitrogens is 2. The van der Waals surface area contributed by atoms with Crippen LogP contribution in [0.25, 0.3) is 0 Å². The summed E-state index contributed by atoms with van der Waals surface area (Å²) in [5, 5.41) is 0.539. The van der Waals surface area contributed by atoms with Crippen LogP contribution in [0.4, 0.5) is 11.6 Å². The van der Waals surface area contributed by atoms with Crippen LogP contribution >= 0.6 is 22.6 Å². The van der Waals surface area contributed by atoms with Gasteiger partial charge in [0.15, 0.2) is 11.6 Å². The third kappa shape index (κ3) is 5.31. The van der Waals surface area contributed by atoms with E-state index < -0.39 is 0 Å². The van der Waals surface area contributed by atoms with Gasteiger partial charge in [-0.1, -0.05) is 13.8 Å². The molecule has 1 fully saturated rings. The lowest BCUT2D eigenvalue weighted by molar-refractivity contribution is 0.0432. The molecule has 172 valence electrons. The maximum atomic E-state index is 13.2. The highest BCUT2D eigenvalue weighted by molar-refractivity contribution is 14.1. The zero-order valence-corrected chi connectivity index (χ0v) is 21.1. The standard InChI is InChI=1S/C23H30IN5O3/c1-15(2)21(30)28-10-7-17(12-19(28)25)27-20-18(32-14-24)11-16(13-26-20)22(31)29-9-6-5-8-23(29,3)4/h7,10-13,15H,5-6,8-9,14,25H2,1-4H3. The van der Waals surface area contributed by atoms with Crippen LogP contribution in [-0.4, -0.2) is 43.0 Å². The van der Waals surface area contributed by atoms with Crippen molar-refractivity contribution in [1.29, 1.82) is 0 Å². The number of rotatable bonds is 5. The van der Waals surface area contributed by atoms with Crippen molar-refractivity contribution in [2.45, 2.75) is 52.5 Å². The molecule has 1 amide bonds. The van der Waals surface area contributed by atoms with Gasteiger partial charge in [-0.05, 0) is 67.8 Å². The van der Waals surface area contributed by atoms with Gasteiger partial charge in [0.05, 0.1) is 10.9 Å². The summed E-state index contributed by atoms with van der Waals surface area (Å²) in [5.41, 5.74) is 6.35. The van der Waals surface area contributed by atoms with Crippen molar-refractivity contribution in [2.24, 2.45) is 10.9 Å². The Hall–Kier alpha value is -2.43. The monoisotopic (exact) mass is 551 g/mol. The Morgan fingerprint density at radius 3 is 2.69 bits per heavy atom. The van der Waals surface area contributed by atoms with Crippen molar-refractivity contribution < 1.29 is 14.3 Å². The zero-order chi connectivity index (χ0) is 23.5. The molecular formula is C23H30IN5O3. The van der Waals surface area contributed by atoms with Gasteiger partial charge in [0.25, 0.3) is 5.91 Å². The van der Waals surface area contributed by atoms with Gasteiger partial charge in [-0.25, -0.2) is 9.98 Å². The van der Waals surface area contributed by atoms with E-state index in [-0.39, 0.29) is 23.3 Å². The number of hydrogen-bond donors (Lipinski definition) is 1. The molecule has 1 saturated heterocycles. The number of ether oxygens (including phenoxy) is 1. The van der Waals surface area contributed by atoms with E-state index in [1.54, 1.807) is 30.6 Å². The highest BCUT2D eigenvalue weighted by atomic mass is 127. The van der Waals surface area contributed by atoms with Crippen molar-refractivity contribution in [3.63, 3.8) is 0 Å². The lowest BCUT2D eigenvalue weighted by atomic mass is 9.90. The summed E-state index contributed by atoms with van der Waals surface area (Å²) in [4.78, 5) is 36.3. The molecule has 2 aromatic rings. The minimum absolute atomic E-state index is 0.0516. The minimum atomic E-state index is -0.187. The van der Waals surface area contributed by atoms with Crippen molar-refractivity contribution in [2.75, 3.05) is 16.9 Å². The number of pyridine rings is 2. The number of nitrogens with two attached hydrogens (primary N) is 1. The predicted octanol–water partition coefficient (Wildman–Crippen LogP) is 4.17. The van der Waals surface area contributed by atoms with E-state index in [1.165, 1.54) is 4.57 Å². The van der Waals surface area contributed by atoms with E-state index in [4.69, 9.17) is 10.5 Å². The van der Waals surface area contributed by atoms with E-state index in [9.17, 15) is 9.59 Å². The number of anilines is 1. The highest BCUT2D eigenvalue weighted by Crippen LogP contribution is 2.31. The minimum Gasteiger partial charge on any atom is -0.479 e. The van der Waals surface area contributed by atoms with E-state index in [2.05, 4.69) is 46.4 Å². The summed E-state index contributed by atoms with van der Waals surface area (Å²) >= 11 is 2.09. The SMILES string of the molecule is CC(C)C(=O)n1ccc(=Nc2ncc(C(=O)N3CCCCC3(C)C)cc2OCI)cc1N. The Morgan fingerprint density at radius 1 is 1.31 bits per heavy atom. The molecule has 32 heavy (non-hydrogen) atoms. The Morgan fingerprint density at radius 2 is 2.06 bits per heavy atom. The van der Waals surface area contributed by atoms with Crippen LogP contribution in [0, 0.1) is 5.92 Å². The van der Waals surface area contributed by atoms with Crippen molar-refractivity contribution >= 4 is 46.0 Å². The van der Waals surface area contributed by atoms with Crippen molar-refractivity contribution in [3.05, 3.63) is 41.5 Å². The summed E-state index contributed by atoms with van der Waals surface area (Å²) in [7, 11) is 0. The predicted molar refractivity (Wildman–Crippen MR) is 132 cm³/mol. The average molecular weight is 551 g/mol. The normalized spacial score (nSPS) is 16.3. The van der Waals surface area contributed by atoms with Gasteiger partial charge >= 0.3 is 0 Å². The number of halogens is 1. The first-order valence-electron chi connectivity index (χ1n) is 10.7. The molecule has 0 radical (unpaired) electrons. The molecule has 9 heteroatoms. The molecule has 0 atom stereocenters. The molecule has 3 rings (SSSR count). The average Bonchev–Trinajstić information content (AvgIpc) is 2.74. The number of likely N-dealkylation sites (tertiary alicyclic amines) is 1. The number of piperidine rings is 1. The van der Waals surface area contributed by atoms with Crippen LogP contribution < -0.4 is 15.8 Å². The van der Waals surface area contributed by atoms with Gasteiger partial charge in [-0.2, -0.15) is 0 Å². The molecule has 0 saturated carbocycles. The molecule has 8 nitrogen and oxygen atoms in total. The first kappa shape index (κ1) is 24.2. The summed E-state index contributed by atoms with van der Waals surface area (Å²) < 4.78 is 7.52. The molecule has 2 aromatic heterocycles. The molecule has 0 aliphatic carbocycles. The third-order valence-electron chi connectivity index (χ3n) is 5.62. The molecule has 2 N–H and O–H groups in total. The highest BCUT2D eigenvalue weighted by Gasteiger charge is 2.34. The summed E-state index contributed by atoms with van der Waals surface area (Å²) in [6, 6.07) is 5.01. The fourth-order valence-electron chi connectivity index (χ4n) is 3.78. The fraction of sp³-hybridized carbons (Fsp3) is 0.478. The van der Waals surface area contributed by atoms with Crippen LogP contribution in [-0.2, 0) is 0 Å². The Kier molecular flexibility index (Phi) is 7.58. The summed E-state index contributed by atoms with van der Waals surface area (Å²) in [5.74, 6) is 0.747. The second-order valence-electron chi connectivity index (χ2n) is 8.81. The molecule has 0 unspecified atom stereocenters. The first-order valence-corrected chi connectivity index (χ1v) is 12.2. The van der Waals surface area contributed by atoms with Crippen LogP contribution in [0.2, 0.25) is 0 Å². The number of amides is 1. The topological polar surface area (TPSA) is 103 Å². The van der Waals surface area contributed by atoms with E-state index >= 15 is 0 Å². The number of nitrogens with zero attached hydrogens (tertiary/aromatic N) is 4. The van der Waals surface area contributed by atoms with Gasteiger partial charge < -0.3 is 15.4 Å². The van der Waals surface area contributed by atoms with Crippen LogP contribution in [0.15, 0.2) is 35.6 Å². The van der Waals surface area contributed by atoms with E-state index in [0.29, 0.717) is 32.9 Å². The Balaban J connectivity index is 1.95. The number of carbonyl (C=O) groups excluding carboxylic acids is 2. The quantitative estimate of drug-likeness (QED) is 0.444. The van der Waals surface area contributed by atoms with Gasteiger partial charge in [0, 0.05) is 36.5 Å². The molecule has 3 heterocycles. The van der Waals surface area contributed by atoms with Gasteiger partial charge in [0.1, 0.15) is 10.4 Å². The molecule has 0 bridgehead atoms. The fourth-order valence-corrected chi connectivity index (χ4v) is 4.11. The van der Waals surface area contributed by atoms with Crippen molar-refractivity contribution in [3.8, 4) is 5.75 Å². The molecule has 0 spiro atoms. The van der Waals surface area contributed by atoms with Crippen LogP contribution in [0.3, 0.4) is 0 Å². The smallest absolute Gasteiger partial charge is 0.256 e. The Labute approximate surface area is 202 Å². The molecular weight excluding hydrogens is 521 g/mol. The first-order chi connectivity index (χ1) is 15.1. The summed E-state index contributed by atoms with van der Waals surface area (Å²) in [6.45, 7) is 8.56. The van der Waals surface area contributed by atoms with E-state index in [1.807, 2.05) is 18.7 Å². The number of carbonyl (C=O) groups is 2. The van der Waals surface area contributed by atoms with Crippen LogP contribution in [0.5, 0.6) is 5.75 Å². The second-order valence-corrected chi connectivity index (χ2v) is 9.43. The molecule has 1 aliphatic heterocycles. The molecule has 0 aromatic carbocycles. The van der Waals surface area contributed by atoms with Gasteiger partial charge in [-0.15, -0.1) is 0 Å². The number of hydrogen-bond acceptors (Lipinski definition) is 6. The lowest BCUT2D eigenvalue weighted by Crippen LogP contribution is -2.50. The van der Waals surface area contributed by atoms with Gasteiger partial charge in [0.2, 0.25) is 5.91 Å².